The van der Waals surface area contributed by atoms with Crippen molar-refractivity contribution in [3.05, 3.63) is 11.9 Å². The molecule has 0 aliphatic rings. The van der Waals surface area contributed by atoms with Crippen LogP contribution < -0.4 is 5.32 Å². The molecular formula is C12H19N3O4S. The highest BCUT2D eigenvalue weighted by molar-refractivity contribution is 7.99. The molecule has 0 fully saturated rings. The summed E-state index contributed by atoms with van der Waals surface area (Å²) in [6, 6.07) is 0. The Labute approximate surface area is 121 Å². The quantitative estimate of drug-likeness (QED) is 0.401. The molecule has 1 aromatic heterocycles. The van der Waals surface area contributed by atoms with Gasteiger partial charge in [-0.3, -0.25) is 9.59 Å². The molecule has 0 unspecified atom stereocenters. The number of carbonyl (C=O) groups is 2. The molecule has 0 atom stereocenters. The van der Waals surface area contributed by atoms with Gasteiger partial charge in [0.2, 0.25) is 5.91 Å². The smallest absolute Gasteiger partial charge is 0.305 e. The standard InChI is InChI=1S/C12H19N3O4S/c1-15-9(7-16)6-14-12(15)20-8-10(17)13-5-3-4-11(18)19-2/h6,16H,3-5,7-8H2,1-2H3,(H,13,17). The lowest BCUT2D eigenvalue weighted by Gasteiger charge is -2.05. The molecule has 20 heavy (non-hydrogen) atoms. The lowest BCUT2D eigenvalue weighted by Crippen LogP contribution is -2.26. The van der Waals surface area contributed by atoms with Gasteiger partial charge in [-0.1, -0.05) is 11.8 Å². The number of hydrogen-bond acceptors (Lipinski definition) is 6. The first-order chi connectivity index (χ1) is 9.58. The van der Waals surface area contributed by atoms with Gasteiger partial charge in [0.1, 0.15) is 0 Å². The van der Waals surface area contributed by atoms with Crippen molar-refractivity contribution in [2.24, 2.45) is 7.05 Å². The number of nitrogens with zero attached hydrogens (tertiary/aromatic N) is 2. The summed E-state index contributed by atoms with van der Waals surface area (Å²) >= 11 is 1.30. The van der Waals surface area contributed by atoms with Crippen LogP contribution in [0.2, 0.25) is 0 Å². The highest BCUT2D eigenvalue weighted by Gasteiger charge is 2.09. The molecule has 1 heterocycles. The molecule has 7 nitrogen and oxygen atoms in total. The Balaban J connectivity index is 2.22. The summed E-state index contributed by atoms with van der Waals surface area (Å²) in [5.74, 6) is -0.153. The number of rotatable bonds is 8. The predicted molar refractivity (Wildman–Crippen MR) is 74.1 cm³/mol. The number of thioether (sulfide) groups is 1. The molecule has 0 bridgehead atoms. The number of ether oxygens (including phenoxy) is 1. The van der Waals surface area contributed by atoms with Crippen molar-refractivity contribution in [3.63, 3.8) is 0 Å². The molecule has 8 heteroatoms. The summed E-state index contributed by atoms with van der Waals surface area (Å²) < 4.78 is 6.25. The third-order valence-corrected chi connectivity index (χ3v) is 3.69. The lowest BCUT2D eigenvalue weighted by molar-refractivity contribution is -0.140. The maximum Gasteiger partial charge on any atom is 0.305 e. The minimum atomic E-state index is -0.279. The number of aliphatic hydroxyl groups excluding tert-OH is 1. The second-order valence-electron chi connectivity index (χ2n) is 4.07. The van der Waals surface area contributed by atoms with Gasteiger partial charge in [-0.05, 0) is 6.42 Å². The van der Waals surface area contributed by atoms with E-state index in [0.29, 0.717) is 30.2 Å². The number of aliphatic hydroxyl groups is 1. The van der Waals surface area contributed by atoms with Crippen LogP contribution in [0.5, 0.6) is 0 Å². The first-order valence-corrected chi connectivity index (χ1v) is 7.14. The number of aromatic nitrogens is 2. The van der Waals surface area contributed by atoms with Gasteiger partial charge in [-0.25, -0.2) is 4.98 Å². The molecule has 1 amide bonds. The Morgan fingerprint density at radius 1 is 1.55 bits per heavy atom. The van der Waals surface area contributed by atoms with Gasteiger partial charge in [0, 0.05) is 20.0 Å². The number of carbonyl (C=O) groups excluding carboxylic acids is 2. The van der Waals surface area contributed by atoms with Crippen molar-refractivity contribution in [1.29, 1.82) is 0 Å². The van der Waals surface area contributed by atoms with E-state index in [2.05, 4.69) is 15.0 Å². The molecule has 0 aromatic carbocycles. The van der Waals surface area contributed by atoms with E-state index in [0.717, 1.165) is 0 Å². The molecule has 112 valence electrons. The van der Waals surface area contributed by atoms with Gasteiger partial charge in [0.05, 0.1) is 31.4 Å². The number of imidazole rings is 1. The Kier molecular flexibility index (Phi) is 7.10. The van der Waals surface area contributed by atoms with E-state index in [9.17, 15) is 9.59 Å². The van der Waals surface area contributed by atoms with Gasteiger partial charge in [0.15, 0.2) is 5.16 Å². The molecule has 2 N–H and O–H groups in total. The summed E-state index contributed by atoms with van der Waals surface area (Å²) in [5, 5.41) is 12.4. The minimum absolute atomic E-state index is 0.0796. The van der Waals surface area contributed by atoms with Crippen LogP contribution in [-0.2, 0) is 28.0 Å². The van der Waals surface area contributed by atoms with E-state index in [1.807, 2.05) is 0 Å². The van der Waals surface area contributed by atoms with Gasteiger partial charge in [0.25, 0.3) is 0 Å². The zero-order valence-corrected chi connectivity index (χ0v) is 12.4. The highest BCUT2D eigenvalue weighted by atomic mass is 32.2. The Hall–Kier alpha value is -1.54. The van der Waals surface area contributed by atoms with Crippen LogP contribution in [0.4, 0.5) is 0 Å². The second-order valence-corrected chi connectivity index (χ2v) is 5.01. The molecule has 0 aliphatic heterocycles. The Morgan fingerprint density at radius 2 is 2.30 bits per heavy atom. The lowest BCUT2D eigenvalue weighted by atomic mass is 10.3. The van der Waals surface area contributed by atoms with Crippen molar-refractivity contribution in [1.82, 2.24) is 14.9 Å². The molecule has 0 radical (unpaired) electrons. The van der Waals surface area contributed by atoms with Crippen LogP contribution in [0, 0.1) is 0 Å². The van der Waals surface area contributed by atoms with Crippen LogP contribution in [0.1, 0.15) is 18.5 Å². The third kappa shape index (κ3) is 5.22. The minimum Gasteiger partial charge on any atom is -0.469 e. The summed E-state index contributed by atoms with van der Waals surface area (Å²) in [6.45, 7) is 0.362. The molecule has 0 saturated carbocycles. The molecule has 1 aromatic rings. The fourth-order valence-corrected chi connectivity index (χ4v) is 2.25. The van der Waals surface area contributed by atoms with Crippen LogP contribution >= 0.6 is 11.8 Å². The van der Waals surface area contributed by atoms with Crippen LogP contribution in [0.3, 0.4) is 0 Å². The zero-order valence-electron chi connectivity index (χ0n) is 11.6. The van der Waals surface area contributed by atoms with Gasteiger partial charge in [-0.2, -0.15) is 0 Å². The second kappa shape index (κ2) is 8.60. The van der Waals surface area contributed by atoms with Crippen molar-refractivity contribution in [2.75, 3.05) is 19.4 Å². The number of esters is 1. The Bertz CT molecular complexity index is 462. The van der Waals surface area contributed by atoms with E-state index >= 15 is 0 Å². The maximum absolute atomic E-state index is 11.6. The van der Waals surface area contributed by atoms with Gasteiger partial charge in [-0.15, -0.1) is 0 Å². The van der Waals surface area contributed by atoms with E-state index in [1.165, 1.54) is 18.9 Å². The number of nitrogens with one attached hydrogen (secondary N) is 1. The fourth-order valence-electron chi connectivity index (χ4n) is 1.45. The summed E-state index contributed by atoms with van der Waals surface area (Å²) in [6.07, 6.45) is 2.43. The average molecular weight is 301 g/mol. The largest absolute Gasteiger partial charge is 0.469 e. The summed E-state index contributed by atoms with van der Waals surface area (Å²) in [4.78, 5) is 26.6. The predicted octanol–water partition coefficient (Wildman–Crippen LogP) is 0.0739. The van der Waals surface area contributed by atoms with Crippen molar-refractivity contribution >= 4 is 23.6 Å². The highest BCUT2D eigenvalue weighted by Crippen LogP contribution is 2.16. The van der Waals surface area contributed by atoms with E-state index in [4.69, 9.17) is 5.11 Å². The van der Waals surface area contributed by atoms with Gasteiger partial charge < -0.3 is 19.7 Å². The molecule has 1 rings (SSSR count). The van der Waals surface area contributed by atoms with E-state index in [-0.39, 0.29) is 24.2 Å². The number of amides is 1. The average Bonchev–Trinajstić information content (AvgIpc) is 2.81. The van der Waals surface area contributed by atoms with Crippen LogP contribution in [0.15, 0.2) is 11.4 Å². The topological polar surface area (TPSA) is 93.4 Å². The zero-order chi connectivity index (χ0) is 15.0. The first-order valence-electron chi connectivity index (χ1n) is 6.16. The Morgan fingerprint density at radius 3 is 2.90 bits per heavy atom. The van der Waals surface area contributed by atoms with Crippen LogP contribution in [0.25, 0.3) is 0 Å². The monoisotopic (exact) mass is 301 g/mol. The first kappa shape index (κ1) is 16.5. The molecular weight excluding hydrogens is 282 g/mol. The SMILES string of the molecule is COC(=O)CCCNC(=O)CSc1ncc(CO)n1C. The fraction of sp³-hybridized carbons (Fsp3) is 0.583. The molecule has 0 saturated heterocycles. The maximum atomic E-state index is 11.6. The van der Waals surface area contributed by atoms with Crippen molar-refractivity contribution in [3.8, 4) is 0 Å². The molecule has 0 aliphatic carbocycles. The van der Waals surface area contributed by atoms with Crippen molar-refractivity contribution in [2.45, 2.75) is 24.6 Å². The third-order valence-electron chi connectivity index (χ3n) is 2.64. The summed E-state index contributed by atoms with van der Waals surface area (Å²) in [5.41, 5.74) is 0.700. The van der Waals surface area contributed by atoms with E-state index in [1.54, 1.807) is 17.8 Å². The number of methoxy groups -OCH3 is 1. The molecule has 0 spiro atoms. The van der Waals surface area contributed by atoms with Crippen molar-refractivity contribution < 1.29 is 19.4 Å². The van der Waals surface area contributed by atoms with Crippen LogP contribution in [-0.4, -0.2) is 45.9 Å². The summed E-state index contributed by atoms with van der Waals surface area (Å²) in [7, 11) is 3.13. The van der Waals surface area contributed by atoms with Gasteiger partial charge >= 0.3 is 5.97 Å². The normalized spacial score (nSPS) is 10.3. The van der Waals surface area contributed by atoms with E-state index < -0.39 is 0 Å². The number of hydrogen-bond donors (Lipinski definition) is 2.